The first-order valence-corrected chi connectivity index (χ1v) is 10.0. The molecule has 1 amide bonds. The fourth-order valence-corrected chi connectivity index (χ4v) is 3.76. The van der Waals surface area contributed by atoms with E-state index in [9.17, 15) is 19.2 Å². The van der Waals surface area contributed by atoms with E-state index in [1.807, 2.05) is 0 Å². The number of thioether (sulfide) groups is 1. The van der Waals surface area contributed by atoms with E-state index in [0.29, 0.717) is 16.1 Å². The standard InChI is InChI=1S/C19H20N2O7S/c1-2-26-18(24)11-16-21(15(22)12-29-16)9-10-27-17(23)7-8-20-13-5-3-4-6-14(13)28-19(20)25/h3-6,11H,2,7-10,12H2,1H3/b16-11-. The number of amides is 1. The maximum absolute atomic E-state index is 12.0. The molecule has 1 aliphatic heterocycles. The molecule has 2 aromatic rings. The van der Waals surface area contributed by atoms with Gasteiger partial charge in [0, 0.05) is 6.54 Å². The number of fused-ring (bicyclic) bond motifs is 1. The van der Waals surface area contributed by atoms with Gasteiger partial charge < -0.3 is 18.8 Å². The van der Waals surface area contributed by atoms with Crippen molar-refractivity contribution in [2.45, 2.75) is 19.9 Å². The summed E-state index contributed by atoms with van der Waals surface area (Å²) in [4.78, 5) is 48.9. The van der Waals surface area contributed by atoms with Crippen molar-refractivity contribution in [3.8, 4) is 0 Å². The quantitative estimate of drug-likeness (QED) is 0.467. The van der Waals surface area contributed by atoms with E-state index in [4.69, 9.17) is 13.9 Å². The fourth-order valence-electron chi connectivity index (χ4n) is 2.81. The summed E-state index contributed by atoms with van der Waals surface area (Å²) in [5, 5.41) is 0.473. The van der Waals surface area contributed by atoms with E-state index in [1.165, 1.54) is 27.3 Å². The number of nitrogens with zero attached hydrogens (tertiary/aromatic N) is 2. The first-order valence-electron chi connectivity index (χ1n) is 9.05. The normalized spacial score (nSPS) is 15.3. The zero-order valence-corrected chi connectivity index (χ0v) is 16.6. The molecular formula is C19H20N2O7S. The molecule has 0 radical (unpaired) electrons. The molecule has 0 bridgehead atoms. The number of ether oxygens (including phenoxy) is 2. The van der Waals surface area contributed by atoms with Crippen LogP contribution in [0.4, 0.5) is 0 Å². The Morgan fingerprint density at radius 2 is 2.00 bits per heavy atom. The van der Waals surface area contributed by atoms with E-state index >= 15 is 0 Å². The molecule has 2 heterocycles. The molecule has 3 rings (SSSR count). The van der Waals surface area contributed by atoms with Crippen LogP contribution in [0.2, 0.25) is 0 Å². The highest BCUT2D eigenvalue weighted by Crippen LogP contribution is 2.28. The topological polar surface area (TPSA) is 108 Å². The van der Waals surface area contributed by atoms with Crippen LogP contribution in [0.15, 0.2) is 44.6 Å². The molecule has 1 aliphatic rings. The number of rotatable bonds is 8. The number of hydrogen-bond donors (Lipinski definition) is 0. The Bertz CT molecular complexity index is 1010. The minimum Gasteiger partial charge on any atom is -0.464 e. The Hall–Kier alpha value is -3.01. The number of esters is 2. The Morgan fingerprint density at radius 3 is 2.79 bits per heavy atom. The summed E-state index contributed by atoms with van der Waals surface area (Å²) in [7, 11) is 0. The molecule has 1 aromatic heterocycles. The maximum Gasteiger partial charge on any atom is 0.419 e. The van der Waals surface area contributed by atoms with Crippen LogP contribution in [0.25, 0.3) is 11.1 Å². The van der Waals surface area contributed by atoms with E-state index in [1.54, 1.807) is 31.2 Å². The highest BCUT2D eigenvalue weighted by molar-refractivity contribution is 8.04. The van der Waals surface area contributed by atoms with Gasteiger partial charge in [-0.25, -0.2) is 9.59 Å². The summed E-state index contributed by atoms with van der Waals surface area (Å²) in [5.41, 5.74) is 1.07. The Kier molecular flexibility index (Phi) is 6.76. The summed E-state index contributed by atoms with van der Waals surface area (Å²) < 4.78 is 16.5. The molecule has 29 heavy (non-hydrogen) atoms. The van der Waals surface area contributed by atoms with E-state index in [-0.39, 0.29) is 44.4 Å². The minimum absolute atomic E-state index is 0.0162. The van der Waals surface area contributed by atoms with Crippen molar-refractivity contribution in [2.24, 2.45) is 0 Å². The lowest BCUT2D eigenvalue weighted by Gasteiger charge is -2.16. The molecule has 9 nitrogen and oxygen atoms in total. The third kappa shape index (κ3) is 5.08. The lowest BCUT2D eigenvalue weighted by molar-refractivity contribution is -0.145. The SMILES string of the molecule is CCOC(=O)/C=C1\SCC(=O)N1CCOC(=O)CCn1c(=O)oc2ccccc21. The molecule has 1 saturated heterocycles. The first-order chi connectivity index (χ1) is 14.0. The molecule has 0 atom stereocenters. The number of hydrogen-bond acceptors (Lipinski definition) is 8. The van der Waals surface area contributed by atoms with Gasteiger partial charge in [-0.05, 0) is 19.1 Å². The van der Waals surface area contributed by atoms with Crippen molar-refractivity contribution < 1.29 is 28.3 Å². The summed E-state index contributed by atoms with van der Waals surface area (Å²) in [6.45, 7) is 2.18. The van der Waals surface area contributed by atoms with Gasteiger partial charge in [-0.2, -0.15) is 0 Å². The average molecular weight is 420 g/mol. The molecule has 0 saturated carbocycles. The monoisotopic (exact) mass is 420 g/mol. The van der Waals surface area contributed by atoms with Gasteiger partial charge in [0.25, 0.3) is 0 Å². The molecule has 0 aliphatic carbocycles. The smallest absolute Gasteiger partial charge is 0.419 e. The lowest BCUT2D eigenvalue weighted by atomic mass is 10.3. The fraction of sp³-hybridized carbons (Fsp3) is 0.368. The predicted octanol–water partition coefficient (Wildman–Crippen LogP) is 1.51. The van der Waals surface area contributed by atoms with Crippen LogP contribution in [-0.2, 0) is 30.4 Å². The largest absolute Gasteiger partial charge is 0.464 e. The zero-order valence-electron chi connectivity index (χ0n) is 15.8. The zero-order chi connectivity index (χ0) is 20.8. The van der Waals surface area contributed by atoms with Crippen molar-refractivity contribution in [2.75, 3.05) is 25.5 Å². The van der Waals surface area contributed by atoms with Crippen LogP contribution in [-0.4, -0.2) is 52.8 Å². The molecule has 154 valence electrons. The van der Waals surface area contributed by atoms with Crippen LogP contribution in [0.3, 0.4) is 0 Å². The molecule has 0 N–H and O–H groups in total. The highest BCUT2D eigenvalue weighted by Gasteiger charge is 2.27. The van der Waals surface area contributed by atoms with Crippen LogP contribution in [0.5, 0.6) is 0 Å². The van der Waals surface area contributed by atoms with Gasteiger partial charge in [0.2, 0.25) is 5.91 Å². The van der Waals surface area contributed by atoms with Gasteiger partial charge in [0.05, 0.1) is 41.9 Å². The number of carbonyl (C=O) groups excluding carboxylic acids is 3. The Labute approximate surface area is 170 Å². The lowest BCUT2D eigenvalue weighted by Crippen LogP contribution is -2.29. The third-order valence-corrected chi connectivity index (χ3v) is 5.16. The Balaban J connectivity index is 1.50. The molecule has 0 unspecified atom stereocenters. The van der Waals surface area contributed by atoms with Crippen LogP contribution in [0, 0.1) is 0 Å². The van der Waals surface area contributed by atoms with E-state index in [0.717, 1.165) is 0 Å². The summed E-state index contributed by atoms with van der Waals surface area (Å²) in [6.07, 6.45) is 1.25. The molecular weight excluding hydrogens is 400 g/mol. The Morgan fingerprint density at radius 1 is 1.21 bits per heavy atom. The highest BCUT2D eigenvalue weighted by atomic mass is 32.2. The number of aryl methyl sites for hydroxylation is 1. The van der Waals surface area contributed by atoms with Gasteiger partial charge >= 0.3 is 17.7 Å². The average Bonchev–Trinajstić information content (AvgIpc) is 3.19. The van der Waals surface area contributed by atoms with Gasteiger partial charge in [0.15, 0.2) is 5.58 Å². The summed E-state index contributed by atoms with van der Waals surface area (Å²) >= 11 is 1.23. The van der Waals surface area contributed by atoms with Gasteiger partial charge in [-0.15, -0.1) is 0 Å². The second-order valence-corrected chi connectivity index (χ2v) is 7.02. The predicted molar refractivity (Wildman–Crippen MR) is 105 cm³/mol. The van der Waals surface area contributed by atoms with Crippen molar-refractivity contribution in [1.82, 2.24) is 9.47 Å². The van der Waals surface area contributed by atoms with Crippen molar-refractivity contribution in [3.63, 3.8) is 0 Å². The summed E-state index contributed by atoms with van der Waals surface area (Å²) in [5.74, 6) is -1.51. The second kappa shape index (κ2) is 9.46. The van der Waals surface area contributed by atoms with Crippen molar-refractivity contribution in [1.29, 1.82) is 0 Å². The van der Waals surface area contributed by atoms with Gasteiger partial charge in [0.1, 0.15) is 6.61 Å². The molecule has 1 aromatic carbocycles. The molecule has 0 spiro atoms. The number of para-hydroxylation sites is 2. The van der Waals surface area contributed by atoms with Gasteiger partial charge in [-0.1, -0.05) is 23.9 Å². The number of carbonyl (C=O) groups is 3. The number of oxazole rings is 1. The van der Waals surface area contributed by atoms with Crippen molar-refractivity contribution >= 4 is 40.7 Å². The molecule has 1 fully saturated rings. The number of benzene rings is 1. The van der Waals surface area contributed by atoms with Crippen LogP contribution < -0.4 is 5.76 Å². The van der Waals surface area contributed by atoms with E-state index < -0.39 is 17.7 Å². The van der Waals surface area contributed by atoms with E-state index in [2.05, 4.69) is 0 Å². The number of aromatic nitrogens is 1. The first kappa shape index (κ1) is 20.7. The minimum atomic E-state index is -0.535. The van der Waals surface area contributed by atoms with Gasteiger partial charge in [-0.3, -0.25) is 14.2 Å². The van der Waals surface area contributed by atoms with Crippen LogP contribution in [0.1, 0.15) is 13.3 Å². The van der Waals surface area contributed by atoms with Crippen LogP contribution >= 0.6 is 11.8 Å². The van der Waals surface area contributed by atoms with Crippen molar-refractivity contribution in [3.05, 3.63) is 45.9 Å². The maximum atomic E-state index is 12.0. The summed E-state index contributed by atoms with van der Waals surface area (Å²) in [6, 6.07) is 6.95. The second-order valence-electron chi connectivity index (χ2n) is 6.03. The third-order valence-electron chi connectivity index (χ3n) is 4.13. The molecule has 10 heteroatoms.